The fraction of sp³-hybridized carbons (Fsp3) is 0.500. The van der Waals surface area contributed by atoms with E-state index in [9.17, 15) is 22.5 Å². The van der Waals surface area contributed by atoms with Gasteiger partial charge < -0.3 is 24.5 Å². The molecule has 220 valence electrons. The molecule has 16 heteroatoms. The quantitative estimate of drug-likeness (QED) is 0.185. The number of fused-ring (bicyclic) bond motifs is 1. The third-order valence-corrected chi connectivity index (χ3v) is 7.63. The van der Waals surface area contributed by atoms with Crippen molar-refractivity contribution < 1.29 is 36.7 Å². The van der Waals surface area contributed by atoms with Crippen molar-refractivity contribution in [3.63, 3.8) is 0 Å². The number of anilines is 1. The Morgan fingerprint density at radius 2 is 1.88 bits per heavy atom. The van der Waals surface area contributed by atoms with Crippen LogP contribution < -0.4 is 20.6 Å². The number of ether oxygens (including phenoxy) is 3. The van der Waals surface area contributed by atoms with Gasteiger partial charge in [0.15, 0.2) is 11.5 Å². The van der Waals surface area contributed by atoms with Gasteiger partial charge in [-0.25, -0.2) is 25.1 Å². The van der Waals surface area contributed by atoms with Crippen LogP contribution in [0, 0.1) is 0 Å². The molecule has 1 unspecified atom stereocenters. The van der Waals surface area contributed by atoms with Gasteiger partial charge in [0.2, 0.25) is 7.44 Å². The van der Waals surface area contributed by atoms with E-state index in [0.29, 0.717) is 29.7 Å². The summed E-state index contributed by atoms with van der Waals surface area (Å²) in [5.41, 5.74) is 5.98. The number of imidazole rings is 1. The number of esters is 1. The predicted octanol–water partition coefficient (Wildman–Crippen LogP) is 3.97. The van der Waals surface area contributed by atoms with Gasteiger partial charge in [-0.1, -0.05) is 19.1 Å². The summed E-state index contributed by atoms with van der Waals surface area (Å²) in [6.45, 7) is 7.19. The maximum Gasteiger partial charge on any atom is 0.573 e. The van der Waals surface area contributed by atoms with Crippen molar-refractivity contribution in [2.24, 2.45) is 0 Å². The molecule has 0 aliphatic heterocycles. The SMILES string of the molecule is CCCOC(=O)C(C)(C)N[P@](=O)(COC(C)Cn1cnc2c(N)ncnc21)NCc1ccc(OC(F)(F)F)cc1. The van der Waals surface area contributed by atoms with Crippen LogP contribution >= 0.6 is 7.44 Å². The monoisotopic (exact) mass is 587 g/mol. The molecule has 0 amide bonds. The Bertz CT molecular complexity index is 1330. The normalized spacial score (nSPS) is 14.6. The molecule has 0 aliphatic carbocycles. The third kappa shape index (κ3) is 8.88. The summed E-state index contributed by atoms with van der Waals surface area (Å²) in [4.78, 5) is 24.9. The molecule has 4 N–H and O–H groups in total. The Labute approximate surface area is 229 Å². The average molecular weight is 588 g/mol. The smallest absolute Gasteiger partial charge is 0.464 e. The molecule has 0 saturated carbocycles. The predicted molar refractivity (Wildman–Crippen MR) is 141 cm³/mol. The minimum absolute atomic E-state index is 0.00322. The van der Waals surface area contributed by atoms with Crippen LogP contribution in [0.15, 0.2) is 36.9 Å². The standard InChI is InChI=1S/C24H33F3N7O5P/c1-5-10-37-22(35)23(3,4)33-40(36,32-11-17-6-8-18(9-7-17)39-24(25,26)27)15-38-16(2)12-34-14-31-19-20(28)29-13-30-21(19)34/h6-9,13-14,16H,5,10-12,15H2,1-4H3,(H2,28,29,30)(H2,32,33,36)/t16?,40-/m0/s1. The molecular weight excluding hydrogens is 554 g/mol. The van der Waals surface area contributed by atoms with Crippen molar-refractivity contribution in [1.29, 1.82) is 0 Å². The van der Waals surface area contributed by atoms with Crippen LogP contribution in [0.4, 0.5) is 19.0 Å². The number of nitrogens with one attached hydrogen (secondary N) is 2. The van der Waals surface area contributed by atoms with Crippen LogP contribution in [0.2, 0.25) is 0 Å². The van der Waals surface area contributed by atoms with Gasteiger partial charge in [-0.15, -0.1) is 13.2 Å². The van der Waals surface area contributed by atoms with Crippen LogP contribution in [0.1, 0.15) is 39.7 Å². The molecule has 2 atom stereocenters. The van der Waals surface area contributed by atoms with Gasteiger partial charge in [-0.05, 0) is 44.9 Å². The number of hydrogen-bond acceptors (Lipinski definition) is 9. The number of alkyl halides is 3. The molecule has 0 fully saturated rings. The van der Waals surface area contributed by atoms with Crippen LogP contribution in [-0.2, 0) is 31.9 Å². The maximum absolute atomic E-state index is 14.0. The Hall–Kier alpha value is -3.26. The maximum atomic E-state index is 14.0. The number of aromatic nitrogens is 4. The Morgan fingerprint density at radius 3 is 2.52 bits per heavy atom. The van der Waals surface area contributed by atoms with E-state index in [2.05, 4.69) is 29.9 Å². The summed E-state index contributed by atoms with van der Waals surface area (Å²) < 4.78 is 68.2. The summed E-state index contributed by atoms with van der Waals surface area (Å²) >= 11 is 0. The largest absolute Gasteiger partial charge is 0.573 e. The second kappa shape index (κ2) is 12.9. The fourth-order valence-corrected chi connectivity index (χ4v) is 5.74. The first-order valence-electron chi connectivity index (χ1n) is 12.4. The number of nitrogens with two attached hydrogens (primary N) is 1. The molecule has 12 nitrogen and oxygen atoms in total. The van der Waals surface area contributed by atoms with Gasteiger partial charge in [-0.3, -0.25) is 9.36 Å². The zero-order valence-corrected chi connectivity index (χ0v) is 23.5. The van der Waals surface area contributed by atoms with Crippen LogP contribution in [-0.4, -0.2) is 56.4 Å². The highest BCUT2D eigenvalue weighted by atomic mass is 31.2. The lowest BCUT2D eigenvalue weighted by Gasteiger charge is -2.31. The van der Waals surface area contributed by atoms with E-state index in [1.165, 1.54) is 32.3 Å². The van der Waals surface area contributed by atoms with E-state index in [1.54, 1.807) is 17.8 Å². The number of carbonyl (C=O) groups excluding carboxylic acids is 1. The highest BCUT2D eigenvalue weighted by molar-refractivity contribution is 7.59. The molecule has 2 heterocycles. The summed E-state index contributed by atoms with van der Waals surface area (Å²) in [5, 5.41) is 5.75. The van der Waals surface area contributed by atoms with Crippen molar-refractivity contribution in [2.45, 2.75) is 65.2 Å². The first-order valence-corrected chi connectivity index (χ1v) is 14.3. The van der Waals surface area contributed by atoms with Gasteiger partial charge in [0.05, 0.1) is 25.6 Å². The minimum atomic E-state index is -4.81. The summed E-state index contributed by atoms with van der Waals surface area (Å²) in [7, 11) is -3.64. The van der Waals surface area contributed by atoms with Crippen molar-refractivity contribution in [2.75, 3.05) is 18.7 Å². The number of nitrogen functional groups attached to an aromatic ring is 1. The van der Waals surface area contributed by atoms with Crippen molar-refractivity contribution in [1.82, 2.24) is 29.7 Å². The van der Waals surface area contributed by atoms with E-state index in [-0.39, 0.29) is 31.1 Å². The van der Waals surface area contributed by atoms with Gasteiger partial charge in [0, 0.05) is 6.54 Å². The summed E-state index contributed by atoms with van der Waals surface area (Å²) in [5.74, 6) is -0.737. The Morgan fingerprint density at radius 1 is 1.18 bits per heavy atom. The lowest BCUT2D eigenvalue weighted by Crippen LogP contribution is -2.48. The molecule has 3 aromatic rings. The lowest BCUT2D eigenvalue weighted by atomic mass is 10.1. The van der Waals surface area contributed by atoms with Gasteiger partial charge in [0.25, 0.3) is 0 Å². The molecule has 0 saturated heterocycles. The highest BCUT2D eigenvalue weighted by Gasteiger charge is 2.37. The highest BCUT2D eigenvalue weighted by Crippen LogP contribution is 2.40. The topological polar surface area (TPSA) is 156 Å². The first kappa shape index (κ1) is 31.3. The van der Waals surface area contributed by atoms with E-state index in [4.69, 9.17) is 15.2 Å². The zero-order valence-electron chi connectivity index (χ0n) is 22.6. The molecule has 0 aliphatic rings. The first-order chi connectivity index (χ1) is 18.7. The summed E-state index contributed by atoms with van der Waals surface area (Å²) in [6, 6.07) is 5.11. The Kier molecular flexibility index (Phi) is 10.1. The molecule has 1 aromatic carbocycles. The number of halogens is 3. The zero-order chi connectivity index (χ0) is 29.6. The number of nitrogens with zero attached hydrogens (tertiary/aromatic N) is 4. The second-order valence-electron chi connectivity index (χ2n) is 9.57. The fourth-order valence-electron chi connectivity index (χ4n) is 3.61. The third-order valence-electron chi connectivity index (χ3n) is 5.53. The molecule has 40 heavy (non-hydrogen) atoms. The van der Waals surface area contributed by atoms with E-state index >= 15 is 0 Å². The number of hydrogen-bond donors (Lipinski definition) is 3. The lowest BCUT2D eigenvalue weighted by molar-refractivity contribution is -0.274. The van der Waals surface area contributed by atoms with Crippen molar-refractivity contribution in [3.05, 3.63) is 42.5 Å². The molecule has 2 aromatic heterocycles. The van der Waals surface area contributed by atoms with Crippen LogP contribution in [0.3, 0.4) is 0 Å². The van der Waals surface area contributed by atoms with E-state index < -0.39 is 31.4 Å². The molecule has 0 spiro atoms. The molecule has 0 radical (unpaired) electrons. The molecule has 0 bridgehead atoms. The van der Waals surface area contributed by atoms with Crippen LogP contribution in [0.5, 0.6) is 5.75 Å². The van der Waals surface area contributed by atoms with E-state index in [1.807, 2.05) is 6.92 Å². The number of benzene rings is 1. The van der Waals surface area contributed by atoms with Gasteiger partial charge in [-0.2, -0.15) is 0 Å². The van der Waals surface area contributed by atoms with E-state index in [0.717, 1.165) is 12.1 Å². The van der Waals surface area contributed by atoms with Crippen molar-refractivity contribution >= 4 is 30.4 Å². The average Bonchev–Trinajstić information content (AvgIpc) is 3.28. The van der Waals surface area contributed by atoms with Gasteiger partial charge >= 0.3 is 12.3 Å². The minimum Gasteiger partial charge on any atom is -0.464 e. The number of carbonyl (C=O) groups is 1. The summed E-state index contributed by atoms with van der Waals surface area (Å²) in [6.07, 6.45) is -2.12. The van der Waals surface area contributed by atoms with Crippen LogP contribution in [0.25, 0.3) is 11.2 Å². The molecular formula is C24H33F3N7O5P. The molecule has 3 rings (SSSR count). The van der Waals surface area contributed by atoms with Gasteiger partial charge in [0.1, 0.15) is 29.5 Å². The Balaban J connectivity index is 1.71. The second-order valence-corrected chi connectivity index (χ2v) is 11.9. The van der Waals surface area contributed by atoms with Crippen molar-refractivity contribution in [3.8, 4) is 5.75 Å². The number of rotatable bonds is 14.